The molecule has 1 amide bonds. The highest BCUT2D eigenvalue weighted by Gasteiger charge is 2.52. The molecular weight excluding hydrogens is 211 g/mol. The van der Waals surface area contributed by atoms with Crippen LogP contribution in [-0.4, -0.2) is 30.8 Å². The molecule has 1 rings (SSSR count). The van der Waals surface area contributed by atoms with Crippen molar-refractivity contribution in [1.29, 1.82) is 0 Å². The molecule has 1 unspecified atom stereocenters. The normalized spacial score (nSPS) is 29.3. The van der Waals surface area contributed by atoms with Crippen LogP contribution in [-0.2, 0) is 9.53 Å². The molecule has 0 radical (unpaired) electrons. The van der Waals surface area contributed by atoms with Crippen LogP contribution in [0.2, 0.25) is 0 Å². The fourth-order valence-electron chi connectivity index (χ4n) is 1.15. The minimum Gasteiger partial charge on any atom is -0.376 e. The van der Waals surface area contributed by atoms with Gasteiger partial charge in [-0.3, -0.25) is 4.79 Å². The molecule has 0 spiro atoms. The molecule has 1 saturated heterocycles. The number of amides is 1. The number of hydrogen-bond donors (Lipinski definition) is 1. The fraction of sp³-hybridized carbons (Fsp3) is 0.667. The Morgan fingerprint density at radius 3 is 2.67 bits per heavy atom. The molecule has 0 saturated carbocycles. The summed E-state index contributed by atoms with van der Waals surface area (Å²) in [5, 5.41) is 1.94. The Balaban J connectivity index is 2.89. The van der Waals surface area contributed by atoms with Crippen LogP contribution in [0.4, 0.5) is 13.2 Å². The number of carbonyl (C=O) groups is 1. The summed E-state index contributed by atoms with van der Waals surface area (Å²) in [6, 6.07) is 0. The van der Waals surface area contributed by atoms with Crippen molar-refractivity contribution in [1.82, 2.24) is 5.32 Å². The molecule has 0 aromatic heterocycles. The van der Waals surface area contributed by atoms with Crippen molar-refractivity contribution in [2.75, 3.05) is 13.2 Å². The summed E-state index contributed by atoms with van der Waals surface area (Å²) in [6.07, 6.45) is -4.79. The SMILES string of the molecule is C=C1COCCC(C)(C(F)(F)F)NC1=O. The van der Waals surface area contributed by atoms with E-state index in [0.717, 1.165) is 6.92 Å². The van der Waals surface area contributed by atoms with Gasteiger partial charge in [0.15, 0.2) is 0 Å². The third-order valence-electron chi connectivity index (χ3n) is 2.36. The van der Waals surface area contributed by atoms with Gasteiger partial charge in [-0.05, 0) is 6.92 Å². The van der Waals surface area contributed by atoms with Gasteiger partial charge >= 0.3 is 6.18 Å². The molecule has 1 N–H and O–H groups in total. The second kappa shape index (κ2) is 3.84. The number of hydrogen-bond acceptors (Lipinski definition) is 2. The van der Waals surface area contributed by atoms with Crippen LogP contribution in [0.1, 0.15) is 13.3 Å². The van der Waals surface area contributed by atoms with E-state index < -0.39 is 17.6 Å². The maximum atomic E-state index is 12.6. The first-order valence-corrected chi connectivity index (χ1v) is 4.41. The molecule has 1 atom stereocenters. The van der Waals surface area contributed by atoms with Crippen molar-refractivity contribution in [3.8, 4) is 0 Å². The van der Waals surface area contributed by atoms with Gasteiger partial charge in [-0.25, -0.2) is 0 Å². The molecule has 0 aromatic carbocycles. The van der Waals surface area contributed by atoms with Gasteiger partial charge in [-0.2, -0.15) is 13.2 Å². The Morgan fingerprint density at radius 1 is 1.53 bits per heavy atom. The Morgan fingerprint density at radius 2 is 2.13 bits per heavy atom. The summed E-state index contributed by atoms with van der Waals surface area (Å²) in [5.41, 5.74) is -2.24. The average molecular weight is 223 g/mol. The minimum absolute atomic E-state index is 0.00479. The maximum Gasteiger partial charge on any atom is 0.411 e. The third kappa shape index (κ3) is 2.50. The molecule has 1 heterocycles. The number of halogens is 3. The van der Waals surface area contributed by atoms with E-state index in [0.29, 0.717) is 0 Å². The van der Waals surface area contributed by atoms with Crippen LogP contribution in [0.15, 0.2) is 12.2 Å². The molecule has 1 fully saturated rings. The number of carbonyl (C=O) groups excluding carboxylic acids is 1. The second-order valence-corrected chi connectivity index (χ2v) is 3.69. The second-order valence-electron chi connectivity index (χ2n) is 3.69. The van der Waals surface area contributed by atoms with Crippen molar-refractivity contribution in [2.24, 2.45) is 0 Å². The van der Waals surface area contributed by atoms with E-state index in [9.17, 15) is 18.0 Å². The summed E-state index contributed by atoms with van der Waals surface area (Å²) in [5.74, 6) is -0.811. The van der Waals surface area contributed by atoms with E-state index in [1.807, 2.05) is 5.32 Å². The van der Waals surface area contributed by atoms with E-state index in [-0.39, 0.29) is 25.2 Å². The number of alkyl halides is 3. The predicted octanol–water partition coefficient (Wildman–Crippen LogP) is 1.40. The molecule has 86 valence electrons. The van der Waals surface area contributed by atoms with Gasteiger partial charge in [0, 0.05) is 18.6 Å². The smallest absolute Gasteiger partial charge is 0.376 e. The summed E-state index contributed by atoms with van der Waals surface area (Å²) in [6.45, 7) is 4.19. The molecule has 1 aliphatic heterocycles. The lowest BCUT2D eigenvalue weighted by Gasteiger charge is -2.34. The zero-order chi connectivity index (χ0) is 11.7. The molecule has 6 heteroatoms. The van der Waals surface area contributed by atoms with Crippen molar-refractivity contribution in [3.05, 3.63) is 12.2 Å². The van der Waals surface area contributed by atoms with Crippen LogP contribution >= 0.6 is 0 Å². The van der Waals surface area contributed by atoms with Gasteiger partial charge < -0.3 is 10.1 Å². The first-order valence-electron chi connectivity index (χ1n) is 4.41. The summed E-state index contributed by atoms with van der Waals surface area (Å²) in [4.78, 5) is 11.2. The van der Waals surface area contributed by atoms with Crippen molar-refractivity contribution >= 4 is 5.91 Å². The van der Waals surface area contributed by atoms with Crippen molar-refractivity contribution in [3.63, 3.8) is 0 Å². The van der Waals surface area contributed by atoms with Crippen LogP contribution in [0.5, 0.6) is 0 Å². The summed E-state index contributed by atoms with van der Waals surface area (Å²) in [7, 11) is 0. The first kappa shape index (κ1) is 12.0. The standard InChI is InChI=1S/C9H12F3NO2/c1-6-5-15-4-3-8(2,9(10,11)12)13-7(6)14/h1,3-5H2,2H3,(H,13,14). The summed E-state index contributed by atoms with van der Waals surface area (Å²) >= 11 is 0. The molecular formula is C9H12F3NO2. The molecule has 15 heavy (non-hydrogen) atoms. The number of ether oxygens (including phenoxy) is 1. The Hall–Kier alpha value is -1.04. The van der Waals surface area contributed by atoms with Crippen molar-refractivity contribution < 1.29 is 22.7 Å². The quantitative estimate of drug-likeness (QED) is 0.630. The highest BCUT2D eigenvalue weighted by atomic mass is 19.4. The van der Waals surface area contributed by atoms with Crippen LogP contribution < -0.4 is 5.32 Å². The average Bonchev–Trinajstić information content (AvgIpc) is 2.08. The first-order chi connectivity index (χ1) is 6.76. The molecule has 1 aliphatic rings. The van der Waals surface area contributed by atoms with Crippen LogP contribution in [0.25, 0.3) is 0 Å². The third-order valence-corrected chi connectivity index (χ3v) is 2.36. The monoisotopic (exact) mass is 223 g/mol. The van der Waals surface area contributed by atoms with Crippen LogP contribution in [0, 0.1) is 0 Å². The summed E-state index contributed by atoms with van der Waals surface area (Å²) < 4.78 is 42.8. The Bertz CT molecular complexity index is 288. The lowest BCUT2D eigenvalue weighted by atomic mass is 9.96. The number of nitrogens with one attached hydrogen (secondary N) is 1. The fourth-order valence-corrected chi connectivity index (χ4v) is 1.15. The largest absolute Gasteiger partial charge is 0.411 e. The zero-order valence-electron chi connectivity index (χ0n) is 8.28. The van der Waals surface area contributed by atoms with E-state index in [4.69, 9.17) is 4.74 Å². The highest BCUT2D eigenvalue weighted by Crippen LogP contribution is 2.33. The maximum absolute atomic E-state index is 12.6. The minimum atomic E-state index is -4.50. The lowest BCUT2D eigenvalue weighted by molar-refractivity contribution is -0.198. The zero-order valence-corrected chi connectivity index (χ0v) is 8.28. The lowest BCUT2D eigenvalue weighted by Crippen LogP contribution is -2.58. The van der Waals surface area contributed by atoms with Crippen LogP contribution in [0.3, 0.4) is 0 Å². The van der Waals surface area contributed by atoms with Gasteiger partial charge in [-0.1, -0.05) is 6.58 Å². The van der Waals surface area contributed by atoms with E-state index in [1.165, 1.54) is 0 Å². The van der Waals surface area contributed by atoms with Gasteiger partial charge in [0.1, 0.15) is 5.54 Å². The molecule has 0 aliphatic carbocycles. The van der Waals surface area contributed by atoms with Gasteiger partial charge in [-0.15, -0.1) is 0 Å². The predicted molar refractivity (Wildman–Crippen MR) is 47.2 cm³/mol. The van der Waals surface area contributed by atoms with E-state index >= 15 is 0 Å². The van der Waals surface area contributed by atoms with Gasteiger partial charge in [0.25, 0.3) is 0 Å². The molecule has 0 bridgehead atoms. The van der Waals surface area contributed by atoms with Gasteiger partial charge in [0.05, 0.1) is 6.61 Å². The van der Waals surface area contributed by atoms with E-state index in [1.54, 1.807) is 0 Å². The molecule has 3 nitrogen and oxygen atoms in total. The Labute approximate surface area is 85.3 Å². The van der Waals surface area contributed by atoms with Crippen molar-refractivity contribution in [2.45, 2.75) is 25.1 Å². The molecule has 0 aromatic rings. The number of rotatable bonds is 0. The van der Waals surface area contributed by atoms with E-state index in [2.05, 4.69) is 6.58 Å². The topological polar surface area (TPSA) is 38.3 Å². The Kier molecular flexibility index (Phi) is 3.08. The van der Waals surface area contributed by atoms with Gasteiger partial charge in [0.2, 0.25) is 5.91 Å². The highest BCUT2D eigenvalue weighted by molar-refractivity contribution is 5.93.